The maximum atomic E-state index is 6.12. The molecule has 3 nitrogen and oxygen atoms in total. The maximum Gasteiger partial charge on any atom is 0.106 e. The summed E-state index contributed by atoms with van der Waals surface area (Å²) in [6, 6.07) is 20.7. The highest BCUT2D eigenvalue weighted by molar-refractivity contribution is 5.18. The minimum Gasteiger partial charge on any atom is -0.376 e. The molecule has 0 spiro atoms. The molecule has 1 heterocycles. The molecule has 0 radical (unpaired) electrons. The fourth-order valence-electron chi connectivity index (χ4n) is 2.54. The summed E-state index contributed by atoms with van der Waals surface area (Å²) >= 11 is 0. The Morgan fingerprint density at radius 3 is 2.38 bits per heavy atom. The van der Waals surface area contributed by atoms with Crippen LogP contribution in [0.2, 0.25) is 0 Å². The molecule has 1 aliphatic heterocycles. The van der Waals surface area contributed by atoms with Gasteiger partial charge in [0.05, 0.1) is 19.3 Å². The zero-order chi connectivity index (χ0) is 14.3. The van der Waals surface area contributed by atoms with Gasteiger partial charge in [0.2, 0.25) is 0 Å². The van der Waals surface area contributed by atoms with Gasteiger partial charge < -0.3 is 14.8 Å². The second-order valence-corrected chi connectivity index (χ2v) is 5.31. The molecule has 3 rings (SSSR count). The molecule has 1 saturated heterocycles. The number of rotatable bonds is 5. The van der Waals surface area contributed by atoms with Crippen molar-refractivity contribution < 1.29 is 9.47 Å². The Morgan fingerprint density at radius 2 is 1.62 bits per heavy atom. The van der Waals surface area contributed by atoms with E-state index in [1.807, 2.05) is 24.3 Å². The highest BCUT2D eigenvalue weighted by atomic mass is 16.6. The van der Waals surface area contributed by atoms with Gasteiger partial charge in [0.1, 0.15) is 6.10 Å². The summed E-state index contributed by atoms with van der Waals surface area (Å²) in [5, 5.41) is 3.44. The first-order chi connectivity index (χ1) is 10.4. The Hall–Kier alpha value is -1.68. The molecule has 0 bridgehead atoms. The summed E-state index contributed by atoms with van der Waals surface area (Å²) in [6.45, 7) is 2.96. The molecule has 1 N–H and O–H groups in total. The minimum absolute atomic E-state index is 0.0449. The molecule has 0 unspecified atom stereocenters. The largest absolute Gasteiger partial charge is 0.376 e. The lowest BCUT2D eigenvalue weighted by Crippen LogP contribution is -2.38. The van der Waals surface area contributed by atoms with Crippen LogP contribution in [0.5, 0.6) is 0 Å². The zero-order valence-corrected chi connectivity index (χ0v) is 12.1. The van der Waals surface area contributed by atoms with E-state index in [-0.39, 0.29) is 12.2 Å². The van der Waals surface area contributed by atoms with Gasteiger partial charge in [-0.15, -0.1) is 0 Å². The molecule has 2 atom stereocenters. The lowest BCUT2D eigenvalue weighted by atomic mass is 10.1. The van der Waals surface area contributed by atoms with Crippen LogP contribution >= 0.6 is 0 Å². The lowest BCUT2D eigenvalue weighted by Gasteiger charge is -2.30. The third-order valence-corrected chi connectivity index (χ3v) is 3.65. The second kappa shape index (κ2) is 7.36. The van der Waals surface area contributed by atoms with Crippen molar-refractivity contribution in [2.45, 2.75) is 18.8 Å². The minimum atomic E-state index is 0.0449. The quantitative estimate of drug-likeness (QED) is 0.915. The third-order valence-electron chi connectivity index (χ3n) is 3.65. The zero-order valence-electron chi connectivity index (χ0n) is 12.1. The van der Waals surface area contributed by atoms with E-state index in [2.05, 4.69) is 41.7 Å². The Kier molecular flexibility index (Phi) is 5.00. The Balaban J connectivity index is 1.48. The van der Waals surface area contributed by atoms with Crippen LogP contribution in [0.3, 0.4) is 0 Å². The molecule has 2 aromatic rings. The second-order valence-electron chi connectivity index (χ2n) is 5.31. The molecule has 21 heavy (non-hydrogen) atoms. The van der Waals surface area contributed by atoms with Crippen molar-refractivity contribution >= 4 is 0 Å². The highest BCUT2D eigenvalue weighted by Gasteiger charge is 2.23. The molecular weight excluding hydrogens is 262 g/mol. The summed E-state index contributed by atoms with van der Waals surface area (Å²) in [5.41, 5.74) is 2.47. The Labute approximate surface area is 125 Å². The summed E-state index contributed by atoms with van der Waals surface area (Å²) < 4.78 is 11.8. The van der Waals surface area contributed by atoms with Crippen LogP contribution in [0.4, 0.5) is 0 Å². The van der Waals surface area contributed by atoms with Crippen molar-refractivity contribution in [1.82, 2.24) is 5.32 Å². The predicted octanol–water partition coefficient (Wildman–Crippen LogP) is 2.93. The number of ether oxygens (including phenoxy) is 2. The fourth-order valence-corrected chi connectivity index (χ4v) is 2.54. The van der Waals surface area contributed by atoms with E-state index >= 15 is 0 Å². The van der Waals surface area contributed by atoms with Crippen molar-refractivity contribution in [3.63, 3.8) is 0 Å². The van der Waals surface area contributed by atoms with Gasteiger partial charge in [0.25, 0.3) is 0 Å². The molecule has 1 aliphatic rings. The van der Waals surface area contributed by atoms with Crippen LogP contribution in [-0.2, 0) is 16.0 Å². The van der Waals surface area contributed by atoms with Gasteiger partial charge in [0.15, 0.2) is 0 Å². The SMILES string of the molecule is c1ccc(CNC[C@H]2COC[C@H](c3ccccc3)O2)cc1. The van der Waals surface area contributed by atoms with Crippen LogP contribution < -0.4 is 5.32 Å². The van der Waals surface area contributed by atoms with Gasteiger partial charge in [-0.3, -0.25) is 0 Å². The molecule has 1 fully saturated rings. The third kappa shape index (κ3) is 4.14. The Morgan fingerprint density at radius 1 is 0.905 bits per heavy atom. The van der Waals surface area contributed by atoms with E-state index in [0.717, 1.165) is 13.1 Å². The van der Waals surface area contributed by atoms with Crippen molar-refractivity contribution in [3.8, 4) is 0 Å². The van der Waals surface area contributed by atoms with Crippen molar-refractivity contribution in [1.29, 1.82) is 0 Å². The van der Waals surface area contributed by atoms with Gasteiger partial charge in [-0.05, 0) is 11.1 Å². The van der Waals surface area contributed by atoms with Crippen LogP contribution in [0.15, 0.2) is 60.7 Å². The average Bonchev–Trinajstić information content (AvgIpc) is 2.57. The normalized spacial score (nSPS) is 22.1. The number of hydrogen-bond donors (Lipinski definition) is 1. The maximum absolute atomic E-state index is 6.12. The standard InChI is InChI=1S/C18H21NO2/c1-3-7-15(8-4-1)11-19-12-17-13-20-14-18(21-17)16-9-5-2-6-10-16/h1-10,17-19H,11-14H2/t17-,18+/m0/s1. The van der Waals surface area contributed by atoms with E-state index in [4.69, 9.17) is 9.47 Å². The molecular formula is C18H21NO2. The van der Waals surface area contributed by atoms with Gasteiger partial charge in [-0.25, -0.2) is 0 Å². The summed E-state index contributed by atoms with van der Waals surface area (Å²) in [6.07, 6.45) is 0.149. The smallest absolute Gasteiger partial charge is 0.106 e. The van der Waals surface area contributed by atoms with Crippen molar-refractivity contribution in [3.05, 3.63) is 71.8 Å². The molecule has 0 amide bonds. The van der Waals surface area contributed by atoms with Crippen LogP contribution in [0, 0.1) is 0 Å². The monoisotopic (exact) mass is 283 g/mol. The molecule has 3 heteroatoms. The molecule has 0 aliphatic carbocycles. The molecule has 110 valence electrons. The number of nitrogens with one attached hydrogen (secondary N) is 1. The van der Waals surface area contributed by atoms with Crippen LogP contribution in [0.1, 0.15) is 17.2 Å². The lowest BCUT2D eigenvalue weighted by molar-refractivity contribution is -0.138. The van der Waals surface area contributed by atoms with E-state index in [0.29, 0.717) is 13.2 Å². The van der Waals surface area contributed by atoms with Gasteiger partial charge in [-0.2, -0.15) is 0 Å². The van der Waals surface area contributed by atoms with Crippen LogP contribution in [-0.4, -0.2) is 25.9 Å². The molecule has 0 saturated carbocycles. The highest BCUT2D eigenvalue weighted by Crippen LogP contribution is 2.23. The van der Waals surface area contributed by atoms with Crippen LogP contribution in [0.25, 0.3) is 0 Å². The van der Waals surface area contributed by atoms with E-state index < -0.39 is 0 Å². The first kappa shape index (κ1) is 14.3. The van der Waals surface area contributed by atoms with E-state index in [9.17, 15) is 0 Å². The van der Waals surface area contributed by atoms with Gasteiger partial charge >= 0.3 is 0 Å². The molecule has 0 aromatic heterocycles. The fraction of sp³-hybridized carbons (Fsp3) is 0.333. The first-order valence-electron chi connectivity index (χ1n) is 7.44. The topological polar surface area (TPSA) is 30.5 Å². The summed E-state index contributed by atoms with van der Waals surface area (Å²) in [4.78, 5) is 0. The number of benzene rings is 2. The van der Waals surface area contributed by atoms with Gasteiger partial charge in [-0.1, -0.05) is 60.7 Å². The van der Waals surface area contributed by atoms with Gasteiger partial charge in [0, 0.05) is 13.1 Å². The van der Waals surface area contributed by atoms with Crippen molar-refractivity contribution in [2.24, 2.45) is 0 Å². The molecule has 2 aromatic carbocycles. The first-order valence-corrected chi connectivity index (χ1v) is 7.44. The average molecular weight is 283 g/mol. The van der Waals surface area contributed by atoms with E-state index in [1.54, 1.807) is 0 Å². The van der Waals surface area contributed by atoms with Crippen molar-refractivity contribution in [2.75, 3.05) is 19.8 Å². The predicted molar refractivity (Wildman–Crippen MR) is 83.0 cm³/mol. The summed E-state index contributed by atoms with van der Waals surface area (Å²) in [5.74, 6) is 0. The Bertz CT molecular complexity index is 529. The number of hydrogen-bond acceptors (Lipinski definition) is 3. The van der Waals surface area contributed by atoms with E-state index in [1.165, 1.54) is 11.1 Å². The summed E-state index contributed by atoms with van der Waals surface area (Å²) in [7, 11) is 0.